The van der Waals surface area contributed by atoms with Crippen LogP contribution in [0.4, 0.5) is 4.39 Å². The number of aldehydes is 1. The fourth-order valence-electron chi connectivity index (χ4n) is 2.91. The number of hydrogen-bond acceptors (Lipinski definition) is 5. The van der Waals surface area contributed by atoms with Crippen molar-refractivity contribution in [3.8, 4) is 0 Å². The maximum absolute atomic E-state index is 14.4. The summed E-state index contributed by atoms with van der Waals surface area (Å²) in [6.45, 7) is 9.39. The standard InChI is InChI=1S/C19H27FN2O3/c1-19(2,3)25-17(24)14-22-10-8-21(9-11-22)13-16-6-4-5-15(7-12-23)18(16)20/h4-6,12H,7-11,13-14H2,1-3H3. The molecule has 1 aliphatic rings. The summed E-state index contributed by atoms with van der Waals surface area (Å²) in [5, 5.41) is 0. The van der Waals surface area contributed by atoms with Crippen molar-refractivity contribution >= 4 is 12.3 Å². The Balaban J connectivity index is 1.84. The molecule has 6 heteroatoms. The lowest BCUT2D eigenvalue weighted by Crippen LogP contribution is -2.48. The van der Waals surface area contributed by atoms with E-state index in [0.717, 1.165) is 32.5 Å². The smallest absolute Gasteiger partial charge is 0.320 e. The minimum absolute atomic E-state index is 0.101. The summed E-state index contributed by atoms with van der Waals surface area (Å²) in [4.78, 5) is 26.7. The summed E-state index contributed by atoms with van der Waals surface area (Å²) >= 11 is 0. The van der Waals surface area contributed by atoms with E-state index in [9.17, 15) is 14.0 Å². The van der Waals surface area contributed by atoms with Gasteiger partial charge in [0.05, 0.1) is 6.54 Å². The van der Waals surface area contributed by atoms with Gasteiger partial charge in [0.1, 0.15) is 17.7 Å². The SMILES string of the molecule is CC(C)(C)OC(=O)CN1CCN(Cc2cccc(CC=O)c2F)CC1. The number of nitrogens with zero attached hydrogens (tertiary/aromatic N) is 2. The Hall–Kier alpha value is -1.79. The zero-order chi connectivity index (χ0) is 18.4. The van der Waals surface area contributed by atoms with Crippen molar-refractivity contribution in [1.29, 1.82) is 0 Å². The fourth-order valence-corrected chi connectivity index (χ4v) is 2.91. The lowest BCUT2D eigenvalue weighted by Gasteiger charge is -2.34. The highest BCUT2D eigenvalue weighted by atomic mass is 19.1. The fraction of sp³-hybridized carbons (Fsp3) is 0.579. The molecule has 0 aliphatic carbocycles. The summed E-state index contributed by atoms with van der Waals surface area (Å²) in [6.07, 6.45) is 0.820. The molecule has 2 rings (SSSR count). The second-order valence-electron chi connectivity index (χ2n) is 7.40. The van der Waals surface area contributed by atoms with Gasteiger partial charge >= 0.3 is 5.97 Å². The molecular weight excluding hydrogens is 323 g/mol. The van der Waals surface area contributed by atoms with Gasteiger partial charge in [0.25, 0.3) is 0 Å². The lowest BCUT2D eigenvalue weighted by molar-refractivity contribution is -0.156. The number of piperazine rings is 1. The van der Waals surface area contributed by atoms with Crippen molar-refractivity contribution in [2.75, 3.05) is 32.7 Å². The number of carbonyl (C=O) groups is 2. The Morgan fingerprint density at radius 2 is 1.76 bits per heavy atom. The van der Waals surface area contributed by atoms with E-state index < -0.39 is 5.60 Å². The molecule has 1 heterocycles. The van der Waals surface area contributed by atoms with Crippen molar-refractivity contribution in [1.82, 2.24) is 9.80 Å². The molecule has 0 saturated carbocycles. The Labute approximate surface area is 148 Å². The molecule has 0 N–H and O–H groups in total. The molecule has 1 saturated heterocycles. The molecule has 0 radical (unpaired) electrons. The van der Waals surface area contributed by atoms with Crippen LogP contribution in [0.1, 0.15) is 31.9 Å². The van der Waals surface area contributed by atoms with Gasteiger partial charge in [0.2, 0.25) is 0 Å². The first-order chi connectivity index (χ1) is 11.8. The topological polar surface area (TPSA) is 49.9 Å². The number of carbonyl (C=O) groups excluding carboxylic acids is 2. The average molecular weight is 350 g/mol. The van der Waals surface area contributed by atoms with Gasteiger partial charge in [-0.05, 0) is 26.3 Å². The van der Waals surface area contributed by atoms with Crippen molar-refractivity contribution in [2.45, 2.75) is 39.3 Å². The highest BCUT2D eigenvalue weighted by Crippen LogP contribution is 2.16. The van der Waals surface area contributed by atoms with Crippen LogP contribution in [-0.4, -0.2) is 60.4 Å². The molecule has 5 nitrogen and oxygen atoms in total. The van der Waals surface area contributed by atoms with Crippen LogP contribution < -0.4 is 0 Å². The van der Waals surface area contributed by atoms with Crippen molar-refractivity contribution < 1.29 is 18.7 Å². The monoisotopic (exact) mass is 350 g/mol. The van der Waals surface area contributed by atoms with Crippen LogP contribution in [0.3, 0.4) is 0 Å². The van der Waals surface area contributed by atoms with Crippen LogP contribution in [0, 0.1) is 5.82 Å². The highest BCUT2D eigenvalue weighted by molar-refractivity contribution is 5.72. The third-order valence-electron chi connectivity index (χ3n) is 4.09. The zero-order valence-corrected chi connectivity index (χ0v) is 15.3. The van der Waals surface area contributed by atoms with Crippen LogP contribution in [0.25, 0.3) is 0 Å². The van der Waals surface area contributed by atoms with Crippen LogP contribution in [0.15, 0.2) is 18.2 Å². The number of esters is 1. The Bertz CT molecular complexity index is 605. The van der Waals surface area contributed by atoms with Gasteiger partial charge in [0.15, 0.2) is 0 Å². The van der Waals surface area contributed by atoms with E-state index in [1.165, 1.54) is 0 Å². The first-order valence-corrected chi connectivity index (χ1v) is 8.65. The van der Waals surface area contributed by atoms with E-state index in [0.29, 0.717) is 17.7 Å². The zero-order valence-electron chi connectivity index (χ0n) is 15.3. The number of benzene rings is 1. The Morgan fingerprint density at radius 3 is 2.36 bits per heavy atom. The van der Waals surface area contributed by atoms with Crippen molar-refractivity contribution in [2.24, 2.45) is 0 Å². The maximum atomic E-state index is 14.4. The van der Waals surface area contributed by atoms with Crippen LogP contribution in [0.5, 0.6) is 0 Å². The second kappa shape index (κ2) is 8.54. The van der Waals surface area contributed by atoms with E-state index in [-0.39, 0.29) is 24.8 Å². The maximum Gasteiger partial charge on any atom is 0.320 e. The molecule has 1 aromatic carbocycles. The molecule has 0 aromatic heterocycles. The third-order valence-corrected chi connectivity index (χ3v) is 4.09. The van der Waals surface area contributed by atoms with Gasteiger partial charge in [-0.15, -0.1) is 0 Å². The molecule has 1 fully saturated rings. The van der Waals surface area contributed by atoms with E-state index in [1.807, 2.05) is 20.8 Å². The van der Waals surface area contributed by atoms with Crippen molar-refractivity contribution in [3.05, 3.63) is 35.1 Å². The second-order valence-corrected chi connectivity index (χ2v) is 7.40. The molecule has 0 bridgehead atoms. The van der Waals surface area contributed by atoms with Gasteiger partial charge in [0, 0.05) is 44.7 Å². The van der Waals surface area contributed by atoms with E-state index >= 15 is 0 Å². The first-order valence-electron chi connectivity index (χ1n) is 8.65. The lowest BCUT2D eigenvalue weighted by atomic mass is 10.1. The summed E-state index contributed by atoms with van der Waals surface area (Å²) in [7, 11) is 0. The molecule has 25 heavy (non-hydrogen) atoms. The molecule has 138 valence electrons. The third kappa shape index (κ3) is 6.21. The van der Waals surface area contributed by atoms with Gasteiger partial charge in [-0.1, -0.05) is 18.2 Å². The van der Waals surface area contributed by atoms with E-state index in [1.54, 1.807) is 18.2 Å². The summed E-state index contributed by atoms with van der Waals surface area (Å²) in [5.74, 6) is -0.501. The van der Waals surface area contributed by atoms with Gasteiger partial charge < -0.3 is 9.53 Å². The number of ether oxygens (including phenoxy) is 1. The van der Waals surface area contributed by atoms with Gasteiger partial charge in [-0.25, -0.2) is 4.39 Å². The number of halogens is 1. The minimum atomic E-state index is -0.469. The molecule has 1 aliphatic heterocycles. The van der Waals surface area contributed by atoms with Crippen LogP contribution in [-0.2, 0) is 27.3 Å². The Morgan fingerprint density at radius 1 is 1.16 bits per heavy atom. The summed E-state index contributed by atoms with van der Waals surface area (Å²) < 4.78 is 19.7. The summed E-state index contributed by atoms with van der Waals surface area (Å²) in [5.41, 5.74) is 0.583. The van der Waals surface area contributed by atoms with Crippen molar-refractivity contribution in [3.63, 3.8) is 0 Å². The molecular formula is C19H27FN2O3. The number of rotatable bonds is 6. The largest absolute Gasteiger partial charge is 0.459 e. The number of hydrogen-bond donors (Lipinski definition) is 0. The van der Waals surface area contributed by atoms with Crippen LogP contribution in [0.2, 0.25) is 0 Å². The van der Waals surface area contributed by atoms with Gasteiger partial charge in [-0.2, -0.15) is 0 Å². The predicted octanol–water partition coefficient (Wildman–Crippen LogP) is 2.03. The quantitative estimate of drug-likeness (QED) is 0.580. The molecule has 0 atom stereocenters. The predicted molar refractivity (Wildman–Crippen MR) is 93.7 cm³/mol. The van der Waals surface area contributed by atoms with Gasteiger partial charge in [-0.3, -0.25) is 14.6 Å². The Kier molecular flexibility index (Phi) is 6.67. The molecule has 0 spiro atoms. The van der Waals surface area contributed by atoms with Crippen LogP contribution >= 0.6 is 0 Å². The highest BCUT2D eigenvalue weighted by Gasteiger charge is 2.23. The average Bonchev–Trinajstić information content (AvgIpc) is 2.51. The molecule has 1 aromatic rings. The normalized spacial score (nSPS) is 16.6. The first kappa shape index (κ1) is 19.5. The minimum Gasteiger partial charge on any atom is -0.459 e. The van der Waals surface area contributed by atoms with E-state index in [4.69, 9.17) is 4.74 Å². The molecule has 0 amide bonds. The van der Waals surface area contributed by atoms with E-state index in [2.05, 4.69) is 9.80 Å². The molecule has 0 unspecified atom stereocenters. The summed E-state index contributed by atoms with van der Waals surface area (Å²) in [6, 6.07) is 5.19.